The Morgan fingerprint density at radius 2 is 1.60 bits per heavy atom. The molecule has 1 atom stereocenters. The summed E-state index contributed by atoms with van der Waals surface area (Å²) in [6.45, 7) is 0.990. The zero-order valence-corrected chi connectivity index (χ0v) is 10.9. The molecule has 1 unspecified atom stereocenters. The van der Waals surface area contributed by atoms with Crippen LogP contribution in [-0.2, 0) is 4.79 Å². The number of likely N-dealkylation sites (N-methyl/N-ethyl adjacent to an activating group) is 1. The van der Waals surface area contributed by atoms with Gasteiger partial charge in [-0.05, 0) is 0 Å². The summed E-state index contributed by atoms with van der Waals surface area (Å²) in [5.41, 5.74) is 0. The Bertz CT molecular complexity index is 214. The number of quaternary nitrogens is 2. The highest BCUT2D eigenvalue weighted by Crippen LogP contribution is 2.10. The van der Waals surface area contributed by atoms with E-state index in [2.05, 4.69) is 21.1 Å². The molecule has 0 aliphatic heterocycles. The maximum absolute atomic E-state index is 11.0. The molecule has 0 bridgehead atoms. The van der Waals surface area contributed by atoms with E-state index in [4.69, 9.17) is 0 Å². The van der Waals surface area contributed by atoms with E-state index in [0.717, 1.165) is 17.4 Å². The Balaban J connectivity index is 4.17. The summed E-state index contributed by atoms with van der Waals surface area (Å²) < 4.78 is 1.30. The van der Waals surface area contributed by atoms with E-state index in [1.165, 1.54) is 0 Å². The van der Waals surface area contributed by atoms with Gasteiger partial charge in [0.2, 0.25) is 0 Å². The standard InChI is InChI=1S/C11H25N2O2/c1-12(2,3)9-7-8-10(11(14)15)13(4,5)6/h10H,7-9H2,1-6H3/q+1. The quantitative estimate of drug-likeness (QED) is 0.552. The summed E-state index contributed by atoms with van der Waals surface area (Å²) in [4.78, 5) is 11.0. The lowest BCUT2D eigenvalue weighted by molar-refractivity contribution is -0.892. The average molecular weight is 217 g/mol. The molecule has 0 aromatic heterocycles. The summed E-state index contributed by atoms with van der Waals surface area (Å²) in [7, 11) is 12.0. The van der Waals surface area contributed by atoms with E-state index in [0.29, 0.717) is 10.9 Å². The van der Waals surface area contributed by atoms with Crippen LogP contribution in [0.1, 0.15) is 12.8 Å². The number of carboxylic acid groups (broad SMARTS) is 1. The highest BCUT2D eigenvalue weighted by Gasteiger charge is 2.25. The third-order valence-corrected chi connectivity index (χ3v) is 2.51. The summed E-state index contributed by atoms with van der Waals surface area (Å²) in [5.74, 6) is -0.941. The van der Waals surface area contributed by atoms with Gasteiger partial charge < -0.3 is 18.9 Å². The van der Waals surface area contributed by atoms with E-state index < -0.39 is 12.0 Å². The second-order valence-corrected chi connectivity index (χ2v) is 6.11. The molecule has 0 rings (SSSR count). The van der Waals surface area contributed by atoms with Crippen LogP contribution in [0.25, 0.3) is 0 Å². The molecule has 4 heteroatoms. The molecule has 0 N–H and O–H groups in total. The van der Waals surface area contributed by atoms with Crippen LogP contribution in [0.2, 0.25) is 0 Å². The molecule has 0 aromatic rings. The Morgan fingerprint density at radius 1 is 1.13 bits per heavy atom. The maximum Gasteiger partial charge on any atom is 0.129 e. The smallest absolute Gasteiger partial charge is 0.129 e. The first-order valence-electron chi connectivity index (χ1n) is 5.36. The second-order valence-electron chi connectivity index (χ2n) is 6.11. The number of hydrogen-bond donors (Lipinski definition) is 0. The van der Waals surface area contributed by atoms with Gasteiger partial charge >= 0.3 is 0 Å². The Kier molecular flexibility index (Phi) is 4.74. The monoisotopic (exact) mass is 217 g/mol. The molecule has 4 nitrogen and oxygen atoms in total. The predicted octanol–water partition coefficient (Wildman–Crippen LogP) is -0.702. The van der Waals surface area contributed by atoms with Crippen molar-refractivity contribution in [3.63, 3.8) is 0 Å². The molecule has 15 heavy (non-hydrogen) atoms. The molecule has 0 radical (unpaired) electrons. The highest BCUT2D eigenvalue weighted by atomic mass is 16.4. The fourth-order valence-electron chi connectivity index (χ4n) is 1.58. The van der Waals surface area contributed by atoms with Crippen LogP contribution in [-0.4, -0.2) is 69.8 Å². The molecular formula is C11H25N2O2+. The maximum atomic E-state index is 11.0. The van der Waals surface area contributed by atoms with Gasteiger partial charge in [-0.25, -0.2) is 0 Å². The van der Waals surface area contributed by atoms with Crippen LogP contribution in [0.4, 0.5) is 0 Å². The Morgan fingerprint density at radius 3 is 1.87 bits per heavy atom. The third-order valence-electron chi connectivity index (χ3n) is 2.51. The van der Waals surface area contributed by atoms with Gasteiger partial charge in [0.1, 0.15) is 6.04 Å². The molecule has 0 spiro atoms. The van der Waals surface area contributed by atoms with Crippen molar-refractivity contribution < 1.29 is 18.9 Å². The van der Waals surface area contributed by atoms with Gasteiger partial charge in [0.15, 0.2) is 0 Å². The first-order valence-corrected chi connectivity index (χ1v) is 5.36. The number of rotatable bonds is 6. The van der Waals surface area contributed by atoms with Crippen molar-refractivity contribution in [1.82, 2.24) is 0 Å². The van der Waals surface area contributed by atoms with Crippen molar-refractivity contribution >= 4 is 5.97 Å². The zero-order chi connectivity index (χ0) is 12.3. The van der Waals surface area contributed by atoms with Gasteiger partial charge in [0, 0.05) is 12.8 Å². The van der Waals surface area contributed by atoms with Gasteiger partial charge in [-0.3, -0.25) is 0 Å². The predicted molar refractivity (Wildman–Crippen MR) is 59.0 cm³/mol. The molecule has 90 valence electrons. The molecule has 0 saturated heterocycles. The van der Waals surface area contributed by atoms with Crippen LogP contribution < -0.4 is 5.11 Å². The summed E-state index contributed by atoms with van der Waals surface area (Å²) in [6.07, 6.45) is 1.60. The molecule has 0 fully saturated rings. The minimum atomic E-state index is -0.941. The van der Waals surface area contributed by atoms with E-state index in [-0.39, 0.29) is 0 Å². The highest BCUT2D eigenvalue weighted by molar-refractivity contribution is 5.69. The number of aliphatic carboxylic acids is 1. The molecule has 0 aliphatic carbocycles. The van der Waals surface area contributed by atoms with Crippen molar-refractivity contribution in [3.8, 4) is 0 Å². The summed E-state index contributed by atoms with van der Waals surface area (Å²) in [5, 5.41) is 11.0. The second kappa shape index (κ2) is 4.94. The van der Waals surface area contributed by atoms with Gasteiger partial charge in [-0.1, -0.05) is 0 Å². The van der Waals surface area contributed by atoms with E-state index in [1.54, 1.807) is 0 Å². The molecule has 0 aliphatic rings. The summed E-state index contributed by atoms with van der Waals surface area (Å²) in [6, 6.07) is -0.406. The topological polar surface area (TPSA) is 40.1 Å². The lowest BCUT2D eigenvalue weighted by Gasteiger charge is -2.35. The normalized spacial score (nSPS) is 15.1. The number of carbonyl (C=O) groups excluding carboxylic acids is 1. The molecular weight excluding hydrogens is 192 g/mol. The average Bonchev–Trinajstić information content (AvgIpc) is 1.92. The number of carbonyl (C=O) groups is 1. The van der Waals surface area contributed by atoms with E-state index in [1.807, 2.05) is 21.1 Å². The minimum Gasteiger partial charge on any atom is -0.544 e. The lowest BCUT2D eigenvalue weighted by atomic mass is 10.1. The summed E-state index contributed by atoms with van der Waals surface area (Å²) >= 11 is 0. The van der Waals surface area contributed by atoms with Crippen molar-refractivity contribution in [2.45, 2.75) is 18.9 Å². The fourth-order valence-corrected chi connectivity index (χ4v) is 1.58. The zero-order valence-electron chi connectivity index (χ0n) is 10.9. The van der Waals surface area contributed by atoms with Crippen LogP contribution in [0.5, 0.6) is 0 Å². The molecule has 0 aromatic carbocycles. The van der Waals surface area contributed by atoms with Gasteiger partial charge in [0.05, 0.1) is 54.8 Å². The molecule has 0 heterocycles. The Labute approximate surface area is 93.3 Å². The largest absolute Gasteiger partial charge is 0.544 e. The number of carboxylic acids is 1. The third kappa shape index (κ3) is 6.47. The van der Waals surface area contributed by atoms with Crippen molar-refractivity contribution in [2.24, 2.45) is 0 Å². The van der Waals surface area contributed by atoms with E-state index >= 15 is 0 Å². The number of hydrogen-bond acceptors (Lipinski definition) is 2. The Hall–Kier alpha value is -0.610. The van der Waals surface area contributed by atoms with Gasteiger partial charge in [-0.2, -0.15) is 0 Å². The first-order chi connectivity index (χ1) is 6.54. The SMILES string of the molecule is C[N+](C)(C)CCCC(C(=O)[O-])[N+](C)(C)C. The van der Waals surface area contributed by atoms with E-state index in [9.17, 15) is 9.90 Å². The van der Waals surface area contributed by atoms with Gasteiger partial charge in [0.25, 0.3) is 0 Å². The van der Waals surface area contributed by atoms with Crippen LogP contribution in [0.15, 0.2) is 0 Å². The minimum absolute atomic E-state index is 0.406. The van der Waals surface area contributed by atoms with Gasteiger partial charge in [-0.15, -0.1) is 0 Å². The van der Waals surface area contributed by atoms with Crippen LogP contribution >= 0.6 is 0 Å². The molecule has 0 amide bonds. The van der Waals surface area contributed by atoms with Crippen LogP contribution in [0, 0.1) is 0 Å². The van der Waals surface area contributed by atoms with Crippen molar-refractivity contribution in [3.05, 3.63) is 0 Å². The van der Waals surface area contributed by atoms with Crippen molar-refractivity contribution in [2.75, 3.05) is 48.8 Å². The molecule has 0 saturated carbocycles. The lowest BCUT2D eigenvalue weighted by Crippen LogP contribution is -2.55. The van der Waals surface area contributed by atoms with Crippen molar-refractivity contribution in [1.29, 1.82) is 0 Å². The number of nitrogens with zero attached hydrogens (tertiary/aromatic N) is 2. The first kappa shape index (κ1) is 14.4. The van der Waals surface area contributed by atoms with Crippen LogP contribution in [0.3, 0.4) is 0 Å². The fraction of sp³-hybridized carbons (Fsp3) is 0.909.